The summed E-state index contributed by atoms with van der Waals surface area (Å²) < 4.78 is 2.26. The zero-order valence-electron chi connectivity index (χ0n) is 28.5. The van der Waals surface area contributed by atoms with Crippen molar-refractivity contribution in [3.63, 3.8) is 0 Å². The maximum Gasteiger partial charge on any atom is 0.235 e. The van der Waals surface area contributed by atoms with Gasteiger partial charge in [0, 0.05) is 37.2 Å². The molecule has 3 heterocycles. The van der Waals surface area contributed by atoms with Crippen LogP contribution in [0.25, 0.3) is 71.8 Å². The summed E-state index contributed by atoms with van der Waals surface area (Å²) in [5.74, 6) is 0.658. The Morgan fingerprint density at radius 2 is 1.17 bits per heavy atom. The van der Waals surface area contributed by atoms with Crippen molar-refractivity contribution >= 4 is 72.3 Å². The van der Waals surface area contributed by atoms with Crippen LogP contribution in [0, 0.1) is 0 Å². The zero-order chi connectivity index (χ0) is 34.9. The Bertz CT molecular complexity index is 3040. The number of fused-ring (bicyclic) bond motifs is 8. The van der Waals surface area contributed by atoms with Crippen molar-refractivity contribution in [2.75, 3.05) is 4.90 Å². The van der Waals surface area contributed by atoms with E-state index in [1.165, 1.54) is 53.8 Å². The molecule has 0 N–H and O–H groups in total. The van der Waals surface area contributed by atoms with Crippen molar-refractivity contribution in [3.8, 4) is 28.3 Å². The minimum atomic E-state index is 0.658. The second-order valence-electron chi connectivity index (χ2n) is 13.4. The predicted molar refractivity (Wildman–Crippen MR) is 221 cm³/mol. The van der Waals surface area contributed by atoms with Gasteiger partial charge in [-0.25, -0.2) is 9.97 Å². The van der Waals surface area contributed by atoms with Crippen molar-refractivity contribution in [1.82, 2.24) is 14.5 Å². The van der Waals surface area contributed by atoms with Crippen LogP contribution in [-0.2, 0) is 0 Å². The molecule has 11 rings (SSSR count). The average Bonchev–Trinajstić information content (AvgIpc) is 3.58. The molecular weight excluding hydrogens is 665 g/mol. The van der Waals surface area contributed by atoms with Crippen LogP contribution in [0.3, 0.4) is 0 Å². The van der Waals surface area contributed by atoms with Crippen molar-refractivity contribution < 1.29 is 0 Å². The van der Waals surface area contributed by atoms with E-state index in [0.29, 0.717) is 5.95 Å². The molecule has 1 aliphatic rings. The number of benzene rings is 8. The van der Waals surface area contributed by atoms with Crippen LogP contribution < -0.4 is 4.90 Å². The molecule has 5 heteroatoms. The molecule has 8 aromatic carbocycles. The number of hydrogen-bond acceptors (Lipinski definition) is 4. The molecule has 4 nitrogen and oxygen atoms in total. The lowest BCUT2D eigenvalue weighted by molar-refractivity contribution is 1.01. The number of nitrogens with zero attached hydrogens (tertiary/aromatic N) is 4. The van der Waals surface area contributed by atoms with E-state index in [9.17, 15) is 0 Å². The second-order valence-corrected chi connectivity index (χ2v) is 14.5. The first-order valence-corrected chi connectivity index (χ1v) is 18.7. The molecule has 0 bridgehead atoms. The third kappa shape index (κ3) is 4.71. The molecule has 248 valence electrons. The van der Waals surface area contributed by atoms with E-state index in [4.69, 9.17) is 9.97 Å². The summed E-state index contributed by atoms with van der Waals surface area (Å²) in [4.78, 5) is 15.4. The van der Waals surface area contributed by atoms with Crippen LogP contribution in [0.5, 0.6) is 0 Å². The molecule has 0 fully saturated rings. The number of para-hydroxylation sites is 3. The lowest BCUT2D eigenvalue weighted by atomic mass is 9.96. The summed E-state index contributed by atoms with van der Waals surface area (Å²) in [6, 6.07) is 64.8. The van der Waals surface area contributed by atoms with Crippen LogP contribution >= 0.6 is 11.8 Å². The summed E-state index contributed by atoms with van der Waals surface area (Å²) in [6.07, 6.45) is 0. The largest absolute Gasteiger partial charge is 0.308 e. The molecular formula is C48H30N4S. The van der Waals surface area contributed by atoms with Gasteiger partial charge in [-0.15, -0.1) is 0 Å². The molecule has 2 aromatic heterocycles. The van der Waals surface area contributed by atoms with Crippen molar-refractivity contribution in [1.29, 1.82) is 0 Å². The van der Waals surface area contributed by atoms with Crippen molar-refractivity contribution in [2.45, 2.75) is 9.79 Å². The fourth-order valence-corrected chi connectivity index (χ4v) is 9.14. The molecule has 0 radical (unpaired) electrons. The molecule has 0 unspecified atom stereocenters. The Kier molecular flexibility index (Phi) is 6.76. The first kappa shape index (κ1) is 30.0. The van der Waals surface area contributed by atoms with Gasteiger partial charge in [0.2, 0.25) is 5.95 Å². The highest BCUT2D eigenvalue weighted by Crippen LogP contribution is 2.53. The summed E-state index contributed by atoms with van der Waals surface area (Å²) in [5.41, 5.74) is 10.9. The van der Waals surface area contributed by atoms with E-state index in [1.54, 1.807) is 0 Å². The number of aromatic nitrogens is 3. The Morgan fingerprint density at radius 3 is 2.06 bits per heavy atom. The fourth-order valence-electron chi connectivity index (χ4n) is 8.04. The normalized spacial score (nSPS) is 12.4. The van der Waals surface area contributed by atoms with Gasteiger partial charge < -0.3 is 4.90 Å². The molecule has 0 atom stereocenters. The molecule has 0 amide bonds. The summed E-state index contributed by atoms with van der Waals surface area (Å²) in [6.45, 7) is 0. The van der Waals surface area contributed by atoms with E-state index in [0.717, 1.165) is 38.9 Å². The Balaban J connectivity index is 1.18. The van der Waals surface area contributed by atoms with E-state index >= 15 is 0 Å². The van der Waals surface area contributed by atoms with Gasteiger partial charge in [0.05, 0.1) is 33.6 Å². The number of rotatable bonds is 4. The summed E-state index contributed by atoms with van der Waals surface area (Å²) in [7, 11) is 0. The summed E-state index contributed by atoms with van der Waals surface area (Å²) >= 11 is 1.84. The minimum Gasteiger partial charge on any atom is -0.308 e. The first-order valence-electron chi connectivity index (χ1n) is 17.8. The van der Waals surface area contributed by atoms with Crippen LogP contribution in [0.1, 0.15) is 0 Å². The highest BCUT2D eigenvalue weighted by Gasteiger charge is 2.26. The van der Waals surface area contributed by atoms with Gasteiger partial charge in [-0.05, 0) is 76.5 Å². The average molecular weight is 695 g/mol. The number of hydrogen-bond donors (Lipinski definition) is 0. The lowest BCUT2D eigenvalue weighted by Gasteiger charge is -2.33. The van der Waals surface area contributed by atoms with Gasteiger partial charge >= 0.3 is 0 Å². The quantitative estimate of drug-likeness (QED) is 0.184. The molecule has 0 saturated heterocycles. The van der Waals surface area contributed by atoms with Crippen LogP contribution in [0.2, 0.25) is 0 Å². The van der Waals surface area contributed by atoms with Gasteiger partial charge in [-0.3, -0.25) is 4.57 Å². The van der Waals surface area contributed by atoms with Crippen molar-refractivity contribution in [3.05, 3.63) is 182 Å². The number of anilines is 3. The van der Waals surface area contributed by atoms with E-state index in [2.05, 4.69) is 185 Å². The van der Waals surface area contributed by atoms with Crippen LogP contribution in [0.15, 0.2) is 192 Å². The predicted octanol–water partition coefficient (Wildman–Crippen LogP) is 13.1. The van der Waals surface area contributed by atoms with Crippen LogP contribution in [-0.4, -0.2) is 14.5 Å². The van der Waals surface area contributed by atoms with Gasteiger partial charge in [0.1, 0.15) is 0 Å². The molecule has 0 saturated carbocycles. The first-order chi connectivity index (χ1) is 26.3. The second kappa shape index (κ2) is 11.9. The van der Waals surface area contributed by atoms with Crippen LogP contribution in [0.4, 0.5) is 17.1 Å². The van der Waals surface area contributed by atoms with Gasteiger partial charge in [-0.1, -0.05) is 139 Å². The smallest absolute Gasteiger partial charge is 0.235 e. The van der Waals surface area contributed by atoms with E-state index in [-0.39, 0.29) is 0 Å². The Labute approximate surface area is 310 Å². The van der Waals surface area contributed by atoms with E-state index < -0.39 is 0 Å². The molecule has 1 aliphatic heterocycles. The molecule has 0 spiro atoms. The maximum absolute atomic E-state index is 5.36. The Hall–Kier alpha value is -6.69. The molecule has 0 aliphatic carbocycles. The Morgan fingerprint density at radius 1 is 0.453 bits per heavy atom. The highest BCUT2D eigenvalue weighted by atomic mass is 32.2. The van der Waals surface area contributed by atoms with Crippen molar-refractivity contribution in [2.24, 2.45) is 0 Å². The standard InChI is InChI=1S/C48H30N4S/c1-3-15-32(16-4-1)47-37-20-9-10-22-38(37)49-48(50-47)52-41-24-13-21-36(46(41)45-35-19-8-7-14-31(35)26-29-42(45)52)33-27-28-40-44(30-33)53-43-25-12-11-23-39(43)51(40)34-17-5-2-6-18-34/h1-30H. The molecule has 10 aromatic rings. The SMILES string of the molecule is c1ccc(-c2nc(-n3c4cccc(-c5ccc6c(c5)Sc5ccccc5N6c5ccccc5)c4c4c5ccccc5ccc43)nc3ccccc23)cc1. The molecule has 53 heavy (non-hydrogen) atoms. The minimum absolute atomic E-state index is 0.658. The third-order valence-electron chi connectivity index (χ3n) is 10.4. The van der Waals surface area contributed by atoms with Gasteiger partial charge in [-0.2, -0.15) is 0 Å². The lowest BCUT2D eigenvalue weighted by Crippen LogP contribution is -2.14. The zero-order valence-corrected chi connectivity index (χ0v) is 29.3. The monoisotopic (exact) mass is 694 g/mol. The van der Waals surface area contributed by atoms with E-state index in [1.807, 2.05) is 17.8 Å². The maximum atomic E-state index is 5.36. The third-order valence-corrected chi connectivity index (χ3v) is 11.5. The topological polar surface area (TPSA) is 34.0 Å². The van der Waals surface area contributed by atoms with Gasteiger partial charge in [0.25, 0.3) is 0 Å². The highest BCUT2D eigenvalue weighted by molar-refractivity contribution is 7.99. The fraction of sp³-hybridized carbons (Fsp3) is 0. The summed E-state index contributed by atoms with van der Waals surface area (Å²) in [5, 5.41) is 5.84. The van der Waals surface area contributed by atoms with Gasteiger partial charge in [0.15, 0.2) is 0 Å².